The number of para-hydroxylation sites is 1. The standard InChI is InChI=1S/C16H23N3O4S/c1-10-5-4-6-11(2)14(10)19-13(20)9-23-15(21)12(7-8-24-3)18-16(17)22/h4-6,12H,7-9H2,1-3H3,(H,19,20)(H3,17,18,22)/t12-/m1/s1. The Bertz CT molecular complexity index is 587. The number of thioether (sulfide) groups is 1. The van der Waals surface area contributed by atoms with Gasteiger partial charge in [-0.1, -0.05) is 18.2 Å². The molecule has 0 aliphatic carbocycles. The predicted molar refractivity (Wildman–Crippen MR) is 95.0 cm³/mol. The van der Waals surface area contributed by atoms with Crippen LogP contribution < -0.4 is 16.4 Å². The van der Waals surface area contributed by atoms with Gasteiger partial charge in [0, 0.05) is 5.69 Å². The van der Waals surface area contributed by atoms with Gasteiger partial charge in [-0.2, -0.15) is 11.8 Å². The quantitative estimate of drug-likeness (QED) is 0.615. The average Bonchev–Trinajstić information content (AvgIpc) is 2.52. The Morgan fingerprint density at radius 2 is 1.88 bits per heavy atom. The van der Waals surface area contributed by atoms with Crippen LogP contribution in [0, 0.1) is 13.8 Å². The lowest BCUT2D eigenvalue weighted by Crippen LogP contribution is -2.45. The zero-order valence-corrected chi connectivity index (χ0v) is 14.9. The number of anilines is 1. The molecule has 0 aliphatic rings. The van der Waals surface area contributed by atoms with E-state index in [1.54, 1.807) is 0 Å². The summed E-state index contributed by atoms with van der Waals surface area (Å²) in [4.78, 5) is 34.9. The highest BCUT2D eigenvalue weighted by molar-refractivity contribution is 7.98. The molecule has 132 valence electrons. The van der Waals surface area contributed by atoms with Crippen molar-refractivity contribution in [1.29, 1.82) is 0 Å². The fraction of sp³-hybridized carbons (Fsp3) is 0.438. The van der Waals surface area contributed by atoms with Crippen molar-refractivity contribution in [2.75, 3.05) is 23.9 Å². The maximum absolute atomic E-state index is 12.0. The van der Waals surface area contributed by atoms with Crippen LogP contribution in [-0.2, 0) is 14.3 Å². The number of ether oxygens (including phenoxy) is 1. The van der Waals surface area contributed by atoms with E-state index in [0.29, 0.717) is 17.9 Å². The van der Waals surface area contributed by atoms with Crippen LogP contribution in [0.2, 0.25) is 0 Å². The molecule has 8 heteroatoms. The van der Waals surface area contributed by atoms with Gasteiger partial charge in [0.15, 0.2) is 6.61 Å². The molecular formula is C16H23N3O4S. The van der Waals surface area contributed by atoms with Crippen molar-refractivity contribution >= 4 is 35.4 Å². The lowest BCUT2D eigenvalue weighted by atomic mass is 10.1. The number of urea groups is 1. The molecule has 0 radical (unpaired) electrons. The van der Waals surface area contributed by atoms with Crippen LogP contribution in [0.4, 0.5) is 10.5 Å². The number of carbonyl (C=O) groups excluding carboxylic acids is 3. The molecule has 0 saturated heterocycles. The van der Waals surface area contributed by atoms with Crippen LogP contribution in [0.1, 0.15) is 17.5 Å². The molecule has 0 spiro atoms. The SMILES string of the molecule is CSCC[C@@H](NC(N)=O)C(=O)OCC(=O)Nc1c(C)cccc1C. The van der Waals surface area contributed by atoms with Gasteiger partial charge in [0.25, 0.3) is 5.91 Å². The molecule has 1 aromatic carbocycles. The zero-order valence-electron chi connectivity index (χ0n) is 14.0. The van der Waals surface area contributed by atoms with E-state index in [9.17, 15) is 14.4 Å². The van der Waals surface area contributed by atoms with E-state index in [1.807, 2.05) is 38.3 Å². The molecule has 0 aliphatic heterocycles. The predicted octanol–water partition coefficient (Wildman–Crippen LogP) is 1.58. The first kappa shape index (κ1) is 19.8. The van der Waals surface area contributed by atoms with E-state index in [-0.39, 0.29) is 0 Å². The molecule has 1 aromatic rings. The summed E-state index contributed by atoms with van der Waals surface area (Å²) in [7, 11) is 0. The van der Waals surface area contributed by atoms with E-state index in [1.165, 1.54) is 11.8 Å². The first-order chi connectivity index (χ1) is 11.3. The molecule has 1 atom stereocenters. The molecule has 3 amide bonds. The van der Waals surface area contributed by atoms with E-state index < -0.39 is 30.6 Å². The molecule has 0 bridgehead atoms. The summed E-state index contributed by atoms with van der Waals surface area (Å²) in [5, 5.41) is 5.05. The normalized spacial score (nSPS) is 11.5. The summed E-state index contributed by atoms with van der Waals surface area (Å²) >= 11 is 1.52. The minimum absolute atomic E-state index is 0.376. The highest BCUT2D eigenvalue weighted by Gasteiger charge is 2.22. The number of nitrogens with one attached hydrogen (secondary N) is 2. The van der Waals surface area contributed by atoms with Crippen LogP contribution in [0.3, 0.4) is 0 Å². The second-order valence-corrected chi connectivity index (χ2v) is 6.25. The van der Waals surface area contributed by atoms with Gasteiger partial charge in [-0.05, 0) is 43.4 Å². The molecule has 24 heavy (non-hydrogen) atoms. The van der Waals surface area contributed by atoms with Crippen LogP contribution in [0.15, 0.2) is 18.2 Å². The topological polar surface area (TPSA) is 111 Å². The highest BCUT2D eigenvalue weighted by atomic mass is 32.2. The van der Waals surface area contributed by atoms with Crippen molar-refractivity contribution in [1.82, 2.24) is 5.32 Å². The van der Waals surface area contributed by atoms with Crippen molar-refractivity contribution < 1.29 is 19.1 Å². The van der Waals surface area contributed by atoms with E-state index in [4.69, 9.17) is 10.5 Å². The van der Waals surface area contributed by atoms with Crippen molar-refractivity contribution in [2.24, 2.45) is 5.73 Å². The zero-order chi connectivity index (χ0) is 18.1. The number of aryl methyl sites for hydroxylation is 2. The Labute approximate surface area is 145 Å². The maximum Gasteiger partial charge on any atom is 0.329 e. The van der Waals surface area contributed by atoms with Gasteiger partial charge in [-0.25, -0.2) is 9.59 Å². The second kappa shape index (κ2) is 9.82. The Balaban J connectivity index is 2.57. The van der Waals surface area contributed by atoms with Gasteiger partial charge >= 0.3 is 12.0 Å². The molecular weight excluding hydrogens is 330 g/mol. The summed E-state index contributed by atoms with van der Waals surface area (Å²) in [5.41, 5.74) is 7.59. The lowest BCUT2D eigenvalue weighted by Gasteiger charge is -2.16. The largest absolute Gasteiger partial charge is 0.454 e. The van der Waals surface area contributed by atoms with Crippen molar-refractivity contribution in [2.45, 2.75) is 26.3 Å². The van der Waals surface area contributed by atoms with Crippen molar-refractivity contribution in [3.63, 3.8) is 0 Å². The Morgan fingerprint density at radius 1 is 1.25 bits per heavy atom. The Hall–Kier alpha value is -2.22. The third-order valence-electron chi connectivity index (χ3n) is 3.30. The Morgan fingerprint density at radius 3 is 2.42 bits per heavy atom. The van der Waals surface area contributed by atoms with E-state index in [2.05, 4.69) is 10.6 Å². The first-order valence-electron chi connectivity index (χ1n) is 7.42. The number of nitrogens with two attached hydrogens (primary N) is 1. The van der Waals surface area contributed by atoms with Crippen molar-refractivity contribution in [3.05, 3.63) is 29.3 Å². The van der Waals surface area contributed by atoms with Gasteiger partial charge in [0.05, 0.1) is 0 Å². The van der Waals surface area contributed by atoms with Gasteiger partial charge in [0.2, 0.25) is 0 Å². The molecule has 0 aromatic heterocycles. The van der Waals surface area contributed by atoms with Gasteiger partial charge in [-0.3, -0.25) is 4.79 Å². The number of carbonyl (C=O) groups is 3. The summed E-state index contributed by atoms with van der Waals surface area (Å²) in [5.74, 6) is -0.475. The smallest absolute Gasteiger partial charge is 0.329 e. The third-order valence-corrected chi connectivity index (χ3v) is 3.95. The fourth-order valence-corrected chi connectivity index (χ4v) is 2.55. The molecule has 1 rings (SSSR count). The van der Waals surface area contributed by atoms with Crippen LogP contribution in [0.5, 0.6) is 0 Å². The van der Waals surface area contributed by atoms with Crippen LogP contribution >= 0.6 is 11.8 Å². The minimum Gasteiger partial charge on any atom is -0.454 e. The molecule has 0 unspecified atom stereocenters. The molecule has 7 nitrogen and oxygen atoms in total. The number of hydrogen-bond donors (Lipinski definition) is 3. The number of hydrogen-bond acceptors (Lipinski definition) is 5. The van der Waals surface area contributed by atoms with E-state index in [0.717, 1.165) is 11.1 Å². The second-order valence-electron chi connectivity index (χ2n) is 5.27. The highest BCUT2D eigenvalue weighted by Crippen LogP contribution is 2.19. The summed E-state index contributed by atoms with van der Waals surface area (Å²) < 4.78 is 4.99. The first-order valence-corrected chi connectivity index (χ1v) is 8.82. The van der Waals surface area contributed by atoms with Gasteiger partial charge in [0.1, 0.15) is 6.04 Å². The number of amides is 3. The average molecular weight is 353 g/mol. The summed E-state index contributed by atoms with van der Waals surface area (Å²) in [6, 6.07) is 3.99. The van der Waals surface area contributed by atoms with Gasteiger partial charge < -0.3 is 21.1 Å². The summed E-state index contributed by atoms with van der Waals surface area (Å²) in [6.07, 6.45) is 2.26. The molecule has 0 saturated carbocycles. The molecule has 0 heterocycles. The third kappa shape index (κ3) is 6.49. The number of benzene rings is 1. The number of primary amides is 1. The molecule has 0 fully saturated rings. The van der Waals surface area contributed by atoms with Crippen molar-refractivity contribution in [3.8, 4) is 0 Å². The van der Waals surface area contributed by atoms with Crippen LogP contribution in [0.25, 0.3) is 0 Å². The van der Waals surface area contributed by atoms with Gasteiger partial charge in [-0.15, -0.1) is 0 Å². The monoisotopic (exact) mass is 353 g/mol. The fourth-order valence-electron chi connectivity index (χ4n) is 2.08. The minimum atomic E-state index is -0.858. The Kier molecular flexibility index (Phi) is 8.11. The van der Waals surface area contributed by atoms with E-state index >= 15 is 0 Å². The maximum atomic E-state index is 12.0. The molecule has 4 N–H and O–H groups in total. The van der Waals surface area contributed by atoms with Crippen LogP contribution in [-0.4, -0.2) is 42.6 Å². The summed E-state index contributed by atoms with van der Waals surface area (Å²) in [6.45, 7) is 3.33. The number of esters is 1. The lowest BCUT2D eigenvalue weighted by molar-refractivity contribution is -0.149. The number of rotatable bonds is 8.